The molecule has 0 spiro atoms. The summed E-state index contributed by atoms with van der Waals surface area (Å²) in [6, 6.07) is 12.9. The molecule has 1 atom stereocenters. The summed E-state index contributed by atoms with van der Waals surface area (Å²) < 4.78 is 15.5. The van der Waals surface area contributed by atoms with Gasteiger partial charge < -0.3 is 19.2 Å². The van der Waals surface area contributed by atoms with Crippen molar-refractivity contribution < 1.29 is 23.5 Å². The minimum absolute atomic E-state index is 0.328. The molecule has 1 aromatic heterocycles. The number of hydrogen-bond donors (Lipinski definition) is 1. The van der Waals surface area contributed by atoms with E-state index in [1.165, 1.54) is 19.2 Å². The summed E-state index contributed by atoms with van der Waals surface area (Å²) in [5.74, 6) is -0.492. The maximum absolute atomic E-state index is 12.4. The van der Waals surface area contributed by atoms with Crippen LogP contribution in [-0.2, 0) is 9.53 Å². The van der Waals surface area contributed by atoms with Gasteiger partial charge in [0.15, 0.2) is 6.10 Å². The van der Waals surface area contributed by atoms with Gasteiger partial charge in [-0.2, -0.15) is 0 Å². The van der Waals surface area contributed by atoms with Crippen molar-refractivity contribution in [2.75, 3.05) is 12.4 Å². The van der Waals surface area contributed by atoms with Crippen molar-refractivity contribution in [3.63, 3.8) is 0 Å². The molecule has 144 valence electrons. The molecule has 2 aromatic carbocycles. The molecule has 0 fully saturated rings. The Labute approximate surface area is 160 Å². The number of carbonyl (C=O) groups is 2. The Kier molecular flexibility index (Phi) is 5.44. The van der Waals surface area contributed by atoms with E-state index in [0.717, 1.165) is 10.9 Å². The van der Waals surface area contributed by atoms with Crippen LogP contribution < -0.4 is 15.7 Å². The molecule has 0 aliphatic heterocycles. The van der Waals surface area contributed by atoms with E-state index in [4.69, 9.17) is 9.15 Å². The van der Waals surface area contributed by atoms with Gasteiger partial charge in [-0.05, 0) is 49.7 Å². The van der Waals surface area contributed by atoms with Crippen LogP contribution in [0.4, 0.5) is 5.69 Å². The molecule has 3 rings (SSSR count). The first-order chi connectivity index (χ1) is 13.4. The van der Waals surface area contributed by atoms with E-state index in [9.17, 15) is 14.4 Å². The molecule has 1 amide bonds. The minimum Gasteiger partial charge on any atom is -0.481 e. The molecule has 3 aromatic rings. The molecule has 0 aliphatic carbocycles. The highest BCUT2D eigenvalue weighted by atomic mass is 16.5. The van der Waals surface area contributed by atoms with Gasteiger partial charge in [-0.3, -0.25) is 4.79 Å². The fourth-order valence-corrected chi connectivity index (χ4v) is 2.72. The van der Waals surface area contributed by atoms with Crippen molar-refractivity contribution >= 4 is 28.5 Å². The number of fused-ring (bicyclic) bond motifs is 1. The van der Waals surface area contributed by atoms with Crippen LogP contribution in [0.1, 0.15) is 22.8 Å². The van der Waals surface area contributed by atoms with Gasteiger partial charge in [0.2, 0.25) is 0 Å². The van der Waals surface area contributed by atoms with Crippen molar-refractivity contribution in [1.82, 2.24) is 0 Å². The lowest BCUT2D eigenvalue weighted by Crippen LogP contribution is -2.30. The van der Waals surface area contributed by atoms with Crippen LogP contribution in [0.25, 0.3) is 11.0 Å². The normalized spacial score (nSPS) is 11.7. The Morgan fingerprint density at radius 1 is 1.11 bits per heavy atom. The lowest BCUT2D eigenvalue weighted by molar-refractivity contribution is -0.122. The van der Waals surface area contributed by atoms with Crippen LogP contribution in [-0.4, -0.2) is 25.1 Å². The van der Waals surface area contributed by atoms with Gasteiger partial charge in [0.05, 0.1) is 12.7 Å². The summed E-state index contributed by atoms with van der Waals surface area (Å²) in [7, 11) is 1.29. The Balaban J connectivity index is 1.73. The molecule has 0 saturated heterocycles. The van der Waals surface area contributed by atoms with E-state index in [0.29, 0.717) is 22.6 Å². The van der Waals surface area contributed by atoms with Gasteiger partial charge >= 0.3 is 11.6 Å². The summed E-state index contributed by atoms with van der Waals surface area (Å²) >= 11 is 0. The topological polar surface area (TPSA) is 94.8 Å². The number of nitrogens with one attached hydrogen (secondary N) is 1. The second-order valence-corrected chi connectivity index (χ2v) is 6.23. The number of carbonyl (C=O) groups excluding carboxylic acids is 2. The molecular formula is C21H19NO6. The number of benzene rings is 2. The van der Waals surface area contributed by atoms with E-state index < -0.39 is 23.6 Å². The second-order valence-electron chi connectivity index (χ2n) is 6.23. The predicted octanol–water partition coefficient (Wildman–Crippen LogP) is 3.29. The molecule has 0 unspecified atom stereocenters. The third kappa shape index (κ3) is 4.20. The lowest BCUT2D eigenvalue weighted by Gasteiger charge is -2.15. The maximum atomic E-state index is 12.4. The Morgan fingerprint density at radius 3 is 2.64 bits per heavy atom. The fourth-order valence-electron chi connectivity index (χ4n) is 2.72. The van der Waals surface area contributed by atoms with Crippen molar-refractivity contribution in [2.24, 2.45) is 0 Å². The monoisotopic (exact) mass is 381 g/mol. The van der Waals surface area contributed by atoms with Gasteiger partial charge in [0, 0.05) is 23.2 Å². The van der Waals surface area contributed by atoms with Crippen molar-refractivity contribution in [1.29, 1.82) is 0 Å². The molecule has 0 aliphatic rings. The standard InChI is InChI=1S/C21H19NO6/c1-12-9-19(23)28-18-11-16(7-8-17(12)18)27-13(2)20(24)22-15-6-4-5-14(10-15)21(25)26-3/h4-11,13H,1-3H3,(H,22,24)/t13-/m1/s1. The number of esters is 1. The van der Waals surface area contributed by atoms with E-state index in [-0.39, 0.29) is 0 Å². The zero-order chi connectivity index (χ0) is 20.3. The first-order valence-corrected chi connectivity index (χ1v) is 8.58. The Bertz CT molecular complexity index is 1100. The molecule has 7 heteroatoms. The highest BCUT2D eigenvalue weighted by Crippen LogP contribution is 2.23. The maximum Gasteiger partial charge on any atom is 0.337 e. The second kappa shape index (κ2) is 7.96. The summed E-state index contributed by atoms with van der Waals surface area (Å²) in [4.78, 5) is 35.5. The average Bonchev–Trinajstić information content (AvgIpc) is 2.67. The van der Waals surface area contributed by atoms with Crippen LogP contribution in [0.3, 0.4) is 0 Å². The van der Waals surface area contributed by atoms with E-state index >= 15 is 0 Å². The summed E-state index contributed by atoms with van der Waals surface area (Å²) in [5, 5.41) is 3.49. The van der Waals surface area contributed by atoms with Crippen LogP contribution >= 0.6 is 0 Å². The number of rotatable bonds is 5. The third-order valence-electron chi connectivity index (χ3n) is 4.16. The highest BCUT2D eigenvalue weighted by Gasteiger charge is 2.16. The average molecular weight is 381 g/mol. The number of amides is 1. The van der Waals surface area contributed by atoms with Crippen molar-refractivity contribution in [3.05, 3.63) is 70.1 Å². The zero-order valence-electron chi connectivity index (χ0n) is 15.6. The smallest absolute Gasteiger partial charge is 0.337 e. The van der Waals surface area contributed by atoms with Gasteiger partial charge in [0.1, 0.15) is 11.3 Å². The molecule has 0 bridgehead atoms. The van der Waals surface area contributed by atoms with Gasteiger partial charge in [-0.1, -0.05) is 6.07 Å². The SMILES string of the molecule is COC(=O)c1cccc(NC(=O)[C@@H](C)Oc2ccc3c(C)cc(=O)oc3c2)c1. The summed E-state index contributed by atoms with van der Waals surface area (Å²) in [6.45, 7) is 3.41. The summed E-state index contributed by atoms with van der Waals surface area (Å²) in [5.41, 5.74) is 1.52. The van der Waals surface area contributed by atoms with E-state index in [1.54, 1.807) is 43.3 Å². The van der Waals surface area contributed by atoms with Crippen LogP contribution in [0, 0.1) is 6.92 Å². The number of hydrogen-bond acceptors (Lipinski definition) is 6. The Hall–Kier alpha value is -3.61. The highest BCUT2D eigenvalue weighted by molar-refractivity contribution is 5.96. The number of ether oxygens (including phenoxy) is 2. The number of methoxy groups -OCH3 is 1. The molecule has 1 N–H and O–H groups in total. The Morgan fingerprint density at radius 2 is 1.89 bits per heavy atom. The number of aryl methyl sites for hydroxylation is 1. The van der Waals surface area contributed by atoms with Crippen molar-refractivity contribution in [3.8, 4) is 5.75 Å². The van der Waals surface area contributed by atoms with Gasteiger partial charge in [-0.15, -0.1) is 0 Å². The zero-order valence-corrected chi connectivity index (χ0v) is 15.6. The third-order valence-corrected chi connectivity index (χ3v) is 4.16. The molecular weight excluding hydrogens is 362 g/mol. The van der Waals surface area contributed by atoms with Gasteiger partial charge in [-0.25, -0.2) is 9.59 Å². The van der Waals surface area contributed by atoms with Crippen LogP contribution in [0.5, 0.6) is 5.75 Å². The fraction of sp³-hybridized carbons (Fsp3) is 0.190. The molecule has 0 saturated carbocycles. The van der Waals surface area contributed by atoms with Crippen molar-refractivity contribution in [2.45, 2.75) is 20.0 Å². The molecule has 7 nitrogen and oxygen atoms in total. The molecule has 1 heterocycles. The molecule has 0 radical (unpaired) electrons. The number of anilines is 1. The van der Waals surface area contributed by atoms with Gasteiger partial charge in [0.25, 0.3) is 5.91 Å². The summed E-state index contributed by atoms with van der Waals surface area (Å²) in [6.07, 6.45) is -0.823. The minimum atomic E-state index is -0.823. The predicted molar refractivity (Wildman–Crippen MR) is 104 cm³/mol. The largest absolute Gasteiger partial charge is 0.481 e. The van der Waals surface area contributed by atoms with Crippen LogP contribution in [0.15, 0.2) is 57.7 Å². The quantitative estimate of drug-likeness (QED) is 0.538. The van der Waals surface area contributed by atoms with Crippen LogP contribution in [0.2, 0.25) is 0 Å². The van der Waals surface area contributed by atoms with E-state index in [1.807, 2.05) is 6.92 Å². The van der Waals surface area contributed by atoms with E-state index in [2.05, 4.69) is 10.1 Å². The lowest BCUT2D eigenvalue weighted by atomic mass is 10.1. The first-order valence-electron chi connectivity index (χ1n) is 8.58. The first kappa shape index (κ1) is 19.2. The molecule has 28 heavy (non-hydrogen) atoms.